The molecule has 2 aromatic heterocycles. The summed E-state index contributed by atoms with van der Waals surface area (Å²) in [6.07, 6.45) is 5.09. The van der Waals surface area contributed by atoms with E-state index in [1.165, 1.54) is 0 Å². The highest BCUT2D eigenvalue weighted by Gasteiger charge is 2.08. The topological polar surface area (TPSA) is 75.6 Å². The smallest absolute Gasteiger partial charge is 0.244 e. The van der Waals surface area contributed by atoms with Gasteiger partial charge in [-0.3, -0.25) is 4.98 Å². The van der Waals surface area contributed by atoms with Crippen molar-refractivity contribution in [1.82, 2.24) is 20.2 Å². The maximum atomic E-state index is 6.32. The van der Waals surface area contributed by atoms with E-state index in [0.717, 1.165) is 22.4 Å². The molecule has 0 amide bonds. The third-order valence-corrected chi connectivity index (χ3v) is 3.72. The van der Waals surface area contributed by atoms with Gasteiger partial charge in [-0.05, 0) is 42.7 Å². The van der Waals surface area contributed by atoms with Gasteiger partial charge >= 0.3 is 0 Å². The Morgan fingerprint density at radius 1 is 1.17 bits per heavy atom. The number of aromatic nitrogens is 4. The van der Waals surface area contributed by atoms with Crippen LogP contribution in [0, 0.1) is 13.8 Å². The molecule has 0 saturated carbocycles. The highest BCUT2D eigenvalue weighted by Crippen LogP contribution is 2.29. The third-order valence-electron chi connectivity index (χ3n) is 3.42. The van der Waals surface area contributed by atoms with Crippen molar-refractivity contribution in [2.45, 2.75) is 20.4 Å². The Hall–Kier alpha value is -2.73. The number of aryl methyl sites for hydroxylation is 2. The van der Waals surface area contributed by atoms with Crippen molar-refractivity contribution in [3.05, 3.63) is 64.6 Å². The van der Waals surface area contributed by atoms with Crippen molar-refractivity contribution in [2.24, 2.45) is 0 Å². The van der Waals surface area contributed by atoms with E-state index >= 15 is 0 Å². The van der Waals surface area contributed by atoms with Crippen molar-refractivity contribution >= 4 is 29.1 Å². The molecule has 0 unspecified atom stereocenters. The van der Waals surface area contributed by atoms with Gasteiger partial charge in [-0.2, -0.15) is 10.1 Å². The van der Waals surface area contributed by atoms with E-state index in [1.54, 1.807) is 18.6 Å². The van der Waals surface area contributed by atoms with Crippen LogP contribution in [0.2, 0.25) is 5.02 Å². The van der Waals surface area contributed by atoms with Crippen LogP contribution in [-0.2, 0) is 6.54 Å². The van der Waals surface area contributed by atoms with Crippen LogP contribution in [0.5, 0.6) is 0 Å². The fourth-order valence-corrected chi connectivity index (χ4v) is 2.69. The van der Waals surface area contributed by atoms with Crippen LogP contribution in [0.15, 0.2) is 42.9 Å². The number of benzene rings is 1. The first kappa shape index (κ1) is 16.1. The van der Waals surface area contributed by atoms with Crippen molar-refractivity contribution in [2.75, 3.05) is 10.6 Å². The van der Waals surface area contributed by atoms with Crippen LogP contribution in [-0.4, -0.2) is 20.2 Å². The van der Waals surface area contributed by atoms with Gasteiger partial charge in [0.1, 0.15) is 0 Å². The van der Waals surface area contributed by atoms with Gasteiger partial charge in [0, 0.05) is 18.9 Å². The van der Waals surface area contributed by atoms with E-state index in [2.05, 4.69) is 36.9 Å². The second-order valence-corrected chi connectivity index (χ2v) is 5.85. The molecule has 0 atom stereocenters. The van der Waals surface area contributed by atoms with Gasteiger partial charge in [-0.1, -0.05) is 23.7 Å². The summed E-state index contributed by atoms with van der Waals surface area (Å²) >= 11 is 6.32. The lowest BCUT2D eigenvalue weighted by atomic mass is 10.1. The van der Waals surface area contributed by atoms with E-state index in [9.17, 15) is 0 Å². The van der Waals surface area contributed by atoms with Gasteiger partial charge in [0.15, 0.2) is 5.82 Å². The molecule has 3 rings (SSSR count). The molecule has 6 nitrogen and oxygen atoms in total. The van der Waals surface area contributed by atoms with Gasteiger partial charge in [0.2, 0.25) is 5.95 Å². The molecule has 0 saturated heterocycles. The van der Waals surface area contributed by atoms with E-state index in [4.69, 9.17) is 11.6 Å². The zero-order chi connectivity index (χ0) is 16.9. The first-order chi connectivity index (χ1) is 11.6. The fourth-order valence-electron chi connectivity index (χ4n) is 2.32. The van der Waals surface area contributed by atoms with Crippen LogP contribution in [0.25, 0.3) is 0 Å². The zero-order valence-corrected chi connectivity index (χ0v) is 14.2. The van der Waals surface area contributed by atoms with Crippen molar-refractivity contribution in [3.63, 3.8) is 0 Å². The minimum absolute atomic E-state index is 0.435. The molecule has 0 bridgehead atoms. The second kappa shape index (κ2) is 7.23. The highest BCUT2D eigenvalue weighted by atomic mass is 35.5. The van der Waals surface area contributed by atoms with Gasteiger partial charge < -0.3 is 10.6 Å². The van der Waals surface area contributed by atoms with Crippen molar-refractivity contribution in [1.29, 1.82) is 0 Å². The Labute approximate surface area is 145 Å². The Morgan fingerprint density at radius 3 is 2.79 bits per heavy atom. The summed E-state index contributed by atoms with van der Waals surface area (Å²) in [5.74, 6) is 1.01. The van der Waals surface area contributed by atoms with Gasteiger partial charge in [0.05, 0.1) is 16.9 Å². The monoisotopic (exact) mass is 340 g/mol. The molecule has 7 heteroatoms. The Morgan fingerprint density at radius 2 is 2.04 bits per heavy atom. The number of nitrogens with one attached hydrogen (secondary N) is 2. The van der Waals surface area contributed by atoms with Crippen LogP contribution in [0.4, 0.5) is 17.5 Å². The van der Waals surface area contributed by atoms with E-state index < -0.39 is 0 Å². The molecule has 1 aromatic carbocycles. The van der Waals surface area contributed by atoms with Crippen molar-refractivity contribution in [3.8, 4) is 0 Å². The molecule has 2 heterocycles. The number of nitrogens with zero attached hydrogens (tertiary/aromatic N) is 4. The highest BCUT2D eigenvalue weighted by molar-refractivity contribution is 6.33. The number of rotatable bonds is 5. The molecule has 0 radical (unpaired) electrons. The molecule has 24 heavy (non-hydrogen) atoms. The zero-order valence-electron chi connectivity index (χ0n) is 13.4. The molecule has 0 spiro atoms. The predicted octanol–water partition coefficient (Wildman–Crippen LogP) is 3.89. The van der Waals surface area contributed by atoms with Crippen molar-refractivity contribution < 1.29 is 0 Å². The summed E-state index contributed by atoms with van der Waals surface area (Å²) in [5.41, 5.74) is 4.02. The van der Waals surface area contributed by atoms with Gasteiger partial charge in [-0.25, -0.2) is 0 Å². The number of anilines is 3. The summed E-state index contributed by atoms with van der Waals surface area (Å²) in [7, 11) is 0. The molecule has 122 valence electrons. The minimum atomic E-state index is 0.435. The molecule has 2 N–H and O–H groups in total. The molecular weight excluding hydrogens is 324 g/mol. The minimum Gasteiger partial charge on any atom is -0.349 e. The molecule has 0 aliphatic carbocycles. The molecule has 0 fully saturated rings. The quantitative estimate of drug-likeness (QED) is 0.733. The number of hydrogen-bond donors (Lipinski definition) is 2. The second-order valence-electron chi connectivity index (χ2n) is 5.44. The number of halogens is 1. The SMILES string of the molecule is Cc1cc(C)c(Nc2cnnc(NCc3cccnc3)n2)c(Cl)c1. The largest absolute Gasteiger partial charge is 0.349 e. The van der Waals surface area contributed by atoms with E-state index in [-0.39, 0.29) is 0 Å². The van der Waals surface area contributed by atoms with Gasteiger partial charge in [-0.15, -0.1) is 5.10 Å². The lowest BCUT2D eigenvalue weighted by molar-refractivity contribution is 0.946. The average Bonchev–Trinajstić information content (AvgIpc) is 2.58. The van der Waals surface area contributed by atoms with Crippen LogP contribution < -0.4 is 10.6 Å². The van der Waals surface area contributed by atoms with E-state index in [0.29, 0.717) is 23.3 Å². The van der Waals surface area contributed by atoms with E-state index in [1.807, 2.05) is 32.0 Å². The average molecular weight is 341 g/mol. The van der Waals surface area contributed by atoms with Gasteiger partial charge in [0.25, 0.3) is 0 Å². The maximum absolute atomic E-state index is 6.32. The molecular formula is C17H17ClN6. The lowest BCUT2D eigenvalue weighted by Crippen LogP contribution is -2.07. The normalized spacial score (nSPS) is 10.5. The first-order valence-electron chi connectivity index (χ1n) is 7.48. The summed E-state index contributed by atoms with van der Waals surface area (Å²) in [6, 6.07) is 7.83. The Bertz CT molecular complexity index is 814. The molecule has 0 aliphatic heterocycles. The Balaban J connectivity index is 1.74. The predicted molar refractivity (Wildman–Crippen MR) is 95.6 cm³/mol. The third kappa shape index (κ3) is 3.97. The standard InChI is InChI=1S/C17H17ClN6/c1-11-6-12(2)16(14(18)7-11)22-15-10-21-24-17(23-15)20-9-13-4-3-5-19-8-13/h3-8,10H,9H2,1-2H3,(H2,20,22,23,24). The summed E-state index contributed by atoms with van der Waals surface area (Å²) in [6.45, 7) is 4.58. The summed E-state index contributed by atoms with van der Waals surface area (Å²) in [4.78, 5) is 8.49. The van der Waals surface area contributed by atoms with Crippen LogP contribution in [0.3, 0.4) is 0 Å². The maximum Gasteiger partial charge on any atom is 0.244 e. The lowest BCUT2D eigenvalue weighted by Gasteiger charge is -2.12. The number of pyridine rings is 1. The summed E-state index contributed by atoms with van der Waals surface area (Å²) < 4.78 is 0. The number of hydrogen-bond acceptors (Lipinski definition) is 6. The first-order valence-corrected chi connectivity index (χ1v) is 7.86. The van der Waals surface area contributed by atoms with Crippen LogP contribution in [0.1, 0.15) is 16.7 Å². The Kier molecular flexibility index (Phi) is 4.86. The summed E-state index contributed by atoms with van der Waals surface area (Å²) in [5, 5.41) is 14.9. The van der Waals surface area contributed by atoms with Crippen LogP contribution >= 0.6 is 11.6 Å². The fraction of sp³-hybridized carbons (Fsp3) is 0.176. The molecule has 0 aliphatic rings. The molecule has 3 aromatic rings.